The minimum Gasteiger partial charge on any atom is -0.497 e. The number of hydrogen-bond donors (Lipinski definition) is 1. The number of likely N-dealkylation sites (N-methyl/N-ethyl adjacent to an activating group) is 1. The van der Waals surface area contributed by atoms with E-state index in [9.17, 15) is 4.79 Å². The molecule has 0 amide bonds. The van der Waals surface area contributed by atoms with Gasteiger partial charge in [0.25, 0.3) is 0 Å². The summed E-state index contributed by atoms with van der Waals surface area (Å²) >= 11 is 7.47. The van der Waals surface area contributed by atoms with Crippen molar-refractivity contribution in [1.82, 2.24) is 9.88 Å². The largest absolute Gasteiger partial charge is 0.497 e. The monoisotopic (exact) mass is 463 g/mol. The molecule has 0 saturated heterocycles. The van der Waals surface area contributed by atoms with Gasteiger partial charge in [-0.25, -0.2) is 4.98 Å². The van der Waals surface area contributed by atoms with Crippen molar-refractivity contribution in [1.29, 1.82) is 0 Å². The number of nitrogen functional groups attached to an aromatic ring is 1. The van der Waals surface area contributed by atoms with Gasteiger partial charge in [-0.15, -0.1) is 11.3 Å². The van der Waals surface area contributed by atoms with Crippen LogP contribution in [0.25, 0.3) is 21.3 Å². The predicted octanol–water partition coefficient (Wildman–Crippen LogP) is 5.43. The number of thiophene rings is 1. The Balaban J connectivity index is 1.78. The molecule has 0 radical (unpaired) electrons. The summed E-state index contributed by atoms with van der Waals surface area (Å²) in [5.41, 5.74) is 11.9. The molecule has 0 unspecified atom stereocenters. The molecule has 5 rings (SSSR count). The van der Waals surface area contributed by atoms with E-state index in [-0.39, 0.29) is 5.78 Å². The number of ketones is 1. The Kier molecular flexibility index (Phi) is 5.37. The van der Waals surface area contributed by atoms with Gasteiger partial charge in [0.1, 0.15) is 15.5 Å². The van der Waals surface area contributed by atoms with Crippen molar-refractivity contribution < 1.29 is 9.53 Å². The minimum absolute atomic E-state index is 0.139. The molecule has 2 N–H and O–H groups in total. The standard InChI is InChI=1S/C25H22ClN3O2S/c1-29-10-9-19-18(13-29)20(14-5-4-8-17(12-14)31-2)21-22(27)24(32-25(21)28-19)23(30)15-6-3-7-16(26)11-15/h3-8,11-12H,9-10,13,27H2,1-2H3. The van der Waals surface area contributed by atoms with Gasteiger partial charge in [-0.05, 0) is 42.4 Å². The molecule has 4 aromatic rings. The maximum atomic E-state index is 13.3. The van der Waals surface area contributed by atoms with Gasteiger partial charge in [-0.1, -0.05) is 35.9 Å². The molecule has 1 aliphatic heterocycles. The number of rotatable bonds is 4. The third kappa shape index (κ3) is 3.54. The molecule has 5 nitrogen and oxygen atoms in total. The SMILES string of the molecule is COc1cccc(-c2c3c(nc4sc(C(=O)c5cccc(Cl)c5)c(N)c24)CCN(C)C3)c1. The molecule has 0 bridgehead atoms. The van der Waals surface area contributed by atoms with Crippen LogP contribution in [0, 0.1) is 0 Å². The zero-order valence-electron chi connectivity index (χ0n) is 17.8. The lowest BCUT2D eigenvalue weighted by Crippen LogP contribution is -2.27. The van der Waals surface area contributed by atoms with Crippen LogP contribution in [-0.2, 0) is 13.0 Å². The van der Waals surface area contributed by atoms with E-state index in [0.29, 0.717) is 21.2 Å². The third-order valence-electron chi connectivity index (χ3n) is 5.87. The first-order chi connectivity index (χ1) is 15.5. The summed E-state index contributed by atoms with van der Waals surface area (Å²) in [4.78, 5) is 21.8. The Labute approximate surface area is 195 Å². The number of nitrogens with zero attached hydrogens (tertiary/aromatic N) is 2. The molecule has 1 aliphatic rings. The van der Waals surface area contributed by atoms with Gasteiger partial charge < -0.3 is 15.4 Å². The van der Waals surface area contributed by atoms with E-state index in [1.54, 1.807) is 31.4 Å². The number of fused-ring (bicyclic) bond motifs is 2. The van der Waals surface area contributed by atoms with Crippen LogP contribution in [0.1, 0.15) is 26.5 Å². The summed E-state index contributed by atoms with van der Waals surface area (Å²) in [5, 5.41) is 1.35. The Bertz CT molecular complexity index is 1370. The molecule has 0 aliphatic carbocycles. The van der Waals surface area contributed by atoms with Crippen molar-refractivity contribution in [3.63, 3.8) is 0 Å². The van der Waals surface area contributed by atoms with E-state index in [1.807, 2.05) is 18.2 Å². The fourth-order valence-electron chi connectivity index (χ4n) is 4.29. The molecule has 2 aromatic heterocycles. The van der Waals surface area contributed by atoms with Crippen LogP contribution >= 0.6 is 22.9 Å². The molecular weight excluding hydrogens is 442 g/mol. The van der Waals surface area contributed by atoms with Crippen LogP contribution in [0.15, 0.2) is 48.5 Å². The molecule has 32 heavy (non-hydrogen) atoms. The lowest BCUT2D eigenvalue weighted by Gasteiger charge is -2.27. The van der Waals surface area contributed by atoms with Crippen LogP contribution in [0.4, 0.5) is 5.69 Å². The second-order valence-corrected chi connectivity index (χ2v) is 9.43. The maximum Gasteiger partial charge on any atom is 0.205 e. The highest BCUT2D eigenvalue weighted by Gasteiger charge is 2.27. The van der Waals surface area contributed by atoms with Crippen molar-refractivity contribution in [3.05, 3.63) is 75.3 Å². The second kappa shape index (κ2) is 8.20. The summed E-state index contributed by atoms with van der Waals surface area (Å²) in [6.07, 6.45) is 0.855. The molecule has 2 aromatic carbocycles. The van der Waals surface area contributed by atoms with Gasteiger partial charge in [0.15, 0.2) is 0 Å². The first-order valence-corrected chi connectivity index (χ1v) is 11.5. The predicted molar refractivity (Wildman–Crippen MR) is 131 cm³/mol. The van der Waals surface area contributed by atoms with Crippen LogP contribution in [-0.4, -0.2) is 36.4 Å². The fourth-order valence-corrected chi connectivity index (χ4v) is 5.56. The molecule has 0 spiro atoms. The van der Waals surface area contributed by atoms with E-state index >= 15 is 0 Å². The van der Waals surface area contributed by atoms with Gasteiger partial charge in [0.2, 0.25) is 5.78 Å². The molecule has 3 heterocycles. The van der Waals surface area contributed by atoms with Gasteiger partial charge in [0.05, 0.1) is 12.8 Å². The van der Waals surface area contributed by atoms with Crippen molar-refractivity contribution in [2.45, 2.75) is 13.0 Å². The lowest BCUT2D eigenvalue weighted by molar-refractivity contribution is 0.104. The highest BCUT2D eigenvalue weighted by atomic mass is 35.5. The highest BCUT2D eigenvalue weighted by Crippen LogP contribution is 2.44. The number of benzene rings is 2. The first kappa shape index (κ1) is 20.9. The quantitative estimate of drug-likeness (QED) is 0.409. The Morgan fingerprint density at radius 1 is 1.22 bits per heavy atom. The zero-order chi connectivity index (χ0) is 22.4. The van der Waals surface area contributed by atoms with Crippen molar-refractivity contribution >= 4 is 44.6 Å². The van der Waals surface area contributed by atoms with E-state index in [2.05, 4.69) is 18.0 Å². The Morgan fingerprint density at radius 3 is 2.81 bits per heavy atom. The Hall–Kier alpha value is -2.93. The van der Waals surface area contributed by atoms with Crippen LogP contribution in [0.5, 0.6) is 5.75 Å². The highest BCUT2D eigenvalue weighted by molar-refractivity contribution is 7.21. The van der Waals surface area contributed by atoms with Crippen LogP contribution in [0.3, 0.4) is 0 Å². The maximum absolute atomic E-state index is 13.3. The van der Waals surface area contributed by atoms with E-state index in [4.69, 9.17) is 27.1 Å². The smallest absolute Gasteiger partial charge is 0.205 e. The van der Waals surface area contributed by atoms with E-state index in [0.717, 1.165) is 57.9 Å². The Morgan fingerprint density at radius 2 is 2.03 bits per heavy atom. The summed E-state index contributed by atoms with van der Waals surface area (Å²) in [6.45, 7) is 1.72. The van der Waals surface area contributed by atoms with Gasteiger partial charge >= 0.3 is 0 Å². The number of pyridine rings is 1. The van der Waals surface area contributed by atoms with E-state index < -0.39 is 0 Å². The summed E-state index contributed by atoms with van der Waals surface area (Å²) in [6, 6.07) is 14.9. The third-order valence-corrected chi connectivity index (χ3v) is 7.21. The van der Waals surface area contributed by atoms with Crippen molar-refractivity contribution in [3.8, 4) is 16.9 Å². The van der Waals surface area contributed by atoms with Crippen LogP contribution < -0.4 is 10.5 Å². The van der Waals surface area contributed by atoms with Gasteiger partial charge in [-0.2, -0.15) is 0 Å². The summed E-state index contributed by atoms with van der Waals surface area (Å²) in [5.74, 6) is 0.633. The summed E-state index contributed by atoms with van der Waals surface area (Å²) in [7, 11) is 3.76. The number of methoxy groups -OCH3 is 1. The number of ether oxygens (including phenoxy) is 1. The first-order valence-electron chi connectivity index (χ1n) is 10.3. The second-order valence-electron chi connectivity index (χ2n) is 8.00. The number of halogens is 1. The molecule has 162 valence electrons. The molecular formula is C25H22ClN3O2S. The average Bonchev–Trinajstić information content (AvgIpc) is 3.13. The number of carbonyl (C=O) groups excluding carboxylic acids is 1. The van der Waals surface area contributed by atoms with Crippen LogP contribution in [0.2, 0.25) is 5.02 Å². The normalized spacial score (nSPS) is 13.8. The average molecular weight is 464 g/mol. The minimum atomic E-state index is -0.139. The fraction of sp³-hybridized carbons (Fsp3) is 0.200. The number of hydrogen-bond acceptors (Lipinski definition) is 6. The molecule has 7 heteroatoms. The summed E-state index contributed by atoms with van der Waals surface area (Å²) < 4.78 is 5.47. The number of anilines is 1. The van der Waals surface area contributed by atoms with E-state index in [1.165, 1.54) is 11.3 Å². The number of carbonyl (C=O) groups is 1. The van der Waals surface area contributed by atoms with Gasteiger partial charge in [0, 0.05) is 46.7 Å². The number of aromatic nitrogens is 1. The molecule has 0 fully saturated rings. The zero-order valence-corrected chi connectivity index (χ0v) is 19.4. The lowest BCUT2D eigenvalue weighted by atomic mass is 9.92. The molecule has 0 saturated carbocycles. The van der Waals surface area contributed by atoms with Crippen molar-refractivity contribution in [2.24, 2.45) is 0 Å². The number of nitrogens with two attached hydrogens (primary N) is 1. The topological polar surface area (TPSA) is 68.4 Å². The molecule has 0 atom stereocenters. The van der Waals surface area contributed by atoms with Crippen molar-refractivity contribution in [2.75, 3.05) is 26.4 Å². The van der Waals surface area contributed by atoms with Gasteiger partial charge in [-0.3, -0.25) is 4.79 Å².